The molecule has 0 aliphatic rings. The predicted octanol–water partition coefficient (Wildman–Crippen LogP) is 3.72. The van der Waals surface area contributed by atoms with Crippen molar-refractivity contribution in [1.82, 2.24) is 14.8 Å². The number of rotatable bonds is 5. The van der Waals surface area contributed by atoms with Crippen molar-refractivity contribution in [1.29, 1.82) is 0 Å². The molecule has 0 fully saturated rings. The molecular weight excluding hydrogens is 280 g/mol. The fourth-order valence-electron chi connectivity index (χ4n) is 2.35. The van der Waals surface area contributed by atoms with E-state index in [0.29, 0.717) is 0 Å². The molecule has 3 rings (SSSR count). The zero-order valence-corrected chi connectivity index (χ0v) is 13.0. The first kappa shape index (κ1) is 13.8. The van der Waals surface area contributed by atoms with E-state index in [9.17, 15) is 0 Å². The molecular formula is C16H18N4S. The quantitative estimate of drug-likeness (QED) is 0.780. The van der Waals surface area contributed by atoms with Crippen molar-refractivity contribution in [2.75, 3.05) is 5.32 Å². The molecule has 0 atom stereocenters. The Hall–Kier alpha value is -2.14. The number of benzene rings is 1. The predicted molar refractivity (Wildman–Crippen MR) is 87.5 cm³/mol. The van der Waals surface area contributed by atoms with Crippen molar-refractivity contribution < 1.29 is 0 Å². The van der Waals surface area contributed by atoms with Gasteiger partial charge in [0.15, 0.2) is 0 Å². The molecule has 21 heavy (non-hydrogen) atoms. The molecule has 0 spiro atoms. The van der Waals surface area contributed by atoms with E-state index in [1.54, 1.807) is 11.3 Å². The molecule has 2 aromatic heterocycles. The number of aryl methyl sites for hydroxylation is 2. The van der Waals surface area contributed by atoms with Gasteiger partial charge in [-0.05, 0) is 18.6 Å². The third-order valence-electron chi connectivity index (χ3n) is 3.35. The molecule has 0 bridgehead atoms. The molecule has 3 aromatic rings. The first-order chi connectivity index (χ1) is 10.3. The molecule has 2 heterocycles. The van der Waals surface area contributed by atoms with Gasteiger partial charge in [-0.15, -0.1) is 11.3 Å². The van der Waals surface area contributed by atoms with Crippen LogP contribution in [0.5, 0.6) is 0 Å². The average Bonchev–Trinajstić information content (AvgIpc) is 3.14. The Bertz CT molecular complexity index is 716. The number of hydrogen-bond donors (Lipinski definition) is 1. The Morgan fingerprint density at radius 3 is 3.00 bits per heavy atom. The van der Waals surface area contributed by atoms with Crippen LogP contribution in [0.4, 0.5) is 5.69 Å². The van der Waals surface area contributed by atoms with E-state index in [4.69, 9.17) is 0 Å². The second-order valence-electron chi connectivity index (χ2n) is 4.90. The Morgan fingerprint density at radius 1 is 1.33 bits per heavy atom. The van der Waals surface area contributed by atoms with Gasteiger partial charge >= 0.3 is 0 Å². The summed E-state index contributed by atoms with van der Waals surface area (Å²) in [6.07, 6.45) is 4.87. The highest BCUT2D eigenvalue weighted by atomic mass is 32.1. The van der Waals surface area contributed by atoms with E-state index >= 15 is 0 Å². The average molecular weight is 298 g/mol. The van der Waals surface area contributed by atoms with Crippen molar-refractivity contribution in [2.24, 2.45) is 7.05 Å². The molecule has 4 nitrogen and oxygen atoms in total. The van der Waals surface area contributed by atoms with Gasteiger partial charge in [-0.25, -0.2) is 4.98 Å². The lowest BCUT2D eigenvalue weighted by Crippen LogP contribution is -2.01. The minimum Gasteiger partial charge on any atom is -0.381 e. The van der Waals surface area contributed by atoms with E-state index in [1.165, 1.54) is 5.56 Å². The Balaban J connectivity index is 1.75. The topological polar surface area (TPSA) is 42.7 Å². The summed E-state index contributed by atoms with van der Waals surface area (Å²) in [5.74, 6) is 0. The smallest absolute Gasteiger partial charge is 0.123 e. The first-order valence-electron chi connectivity index (χ1n) is 7.01. The maximum atomic E-state index is 4.47. The highest BCUT2D eigenvalue weighted by Gasteiger charge is 2.06. The number of anilines is 1. The molecule has 0 saturated heterocycles. The van der Waals surface area contributed by atoms with Crippen LogP contribution in [0.2, 0.25) is 0 Å². The molecule has 0 aliphatic heterocycles. The third-order valence-corrected chi connectivity index (χ3v) is 4.17. The number of aromatic nitrogens is 3. The molecule has 0 unspecified atom stereocenters. The molecule has 0 saturated carbocycles. The zero-order valence-electron chi connectivity index (χ0n) is 12.2. The summed E-state index contributed by atoms with van der Waals surface area (Å²) in [5, 5.41) is 11.0. The van der Waals surface area contributed by atoms with Crippen molar-refractivity contribution in [3.63, 3.8) is 0 Å². The lowest BCUT2D eigenvalue weighted by molar-refractivity contribution is 0.746. The van der Waals surface area contributed by atoms with Gasteiger partial charge in [-0.2, -0.15) is 5.10 Å². The number of nitrogens with one attached hydrogen (secondary N) is 1. The second-order valence-corrected chi connectivity index (χ2v) is 5.79. The Labute approximate surface area is 128 Å². The van der Waals surface area contributed by atoms with E-state index in [2.05, 4.69) is 52.8 Å². The summed E-state index contributed by atoms with van der Waals surface area (Å²) < 4.78 is 1.88. The van der Waals surface area contributed by atoms with Gasteiger partial charge in [0.25, 0.3) is 0 Å². The van der Waals surface area contributed by atoms with Crippen LogP contribution in [-0.4, -0.2) is 14.8 Å². The van der Waals surface area contributed by atoms with E-state index in [-0.39, 0.29) is 0 Å². The molecule has 0 amide bonds. The normalized spacial score (nSPS) is 10.8. The molecule has 1 N–H and O–H groups in total. The minimum absolute atomic E-state index is 0.790. The van der Waals surface area contributed by atoms with Crippen LogP contribution in [0.1, 0.15) is 18.2 Å². The summed E-state index contributed by atoms with van der Waals surface area (Å²) in [6, 6.07) is 8.37. The van der Waals surface area contributed by atoms with Crippen LogP contribution in [0.25, 0.3) is 10.6 Å². The van der Waals surface area contributed by atoms with Crippen LogP contribution in [0.3, 0.4) is 0 Å². The van der Waals surface area contributed by atoms with Crippen molar-refractivity contribution in [3.8, 4) is 10.6 Å². The summed E-state index contributed by atoms with van der Waals surface area (Å²) >= 11 is 1.66. The van der Waals surface area contributed by atoms with Crippen molar-refractivity contribution in [2.45, 2.75) is 19.9 Å². The van der Waals surface area contributed by atoms with Crippen LogP contribution >= 0.6 is 11.3 Å². The summed E-state index contributed by atoms with van der Waals surface area (Å²) in [5.41, 5.74) is 4.66. The van der Waals surface area contributed by atoms with Gasteiger partial charge in [0, 0.05) is 48.2 Å². The van der Waals surface area contributed by atoms with Crippen LogP contribution in [0, 0.1) is 0 Å². The summed E-state index contributed by atoms with van der Waals surface area (Å²) in [4.78, 5) is 4.35. The molecule has 108 valence electrons. The largest absolute Gasteiger partial charge is 0.381 e. The van der Waals surface area contributed by atoms with Crippen molar-refractivity contribution >= 4 is 17.0 Å². The Kier molecular flexibility index (Phi) is 4.01. The van der Waals surface area contributed by atoms with Crippen molar-refractivity contribution in [3.05, 3.63) is 53.3 Å². The van der Waals surface area contributed by atoms with Crippen LogP contribution in [-0.2, 0) is 20.0 Å². The number of hydrogen-bond acceptors (Lipinski definition) is 4. The standard InChI is InChI=1S/C16H18N4S/c1-3-15-13(11-20(2)19-15)10-18-14-6-4-5-12(9-14)16-17-7-8-21-16/h4-9,11,18H,3,10H2,1-2H3. The second kappa shape index (κ2) is 6.10. The lowest BCUT2D eigenvalue weighted by atomic mass is 10.2. The molecule has 0 aliphatic carbocycles. The van der Waals surface area contributed by atoms with Crippen LogP contribution < -0.4 is 5.32 Å². The van der Waals surface area contributed by atoms with Gasteiger partial charge in [0.1, 0.15) is 5.01 Å². The third kappa shape index (κ3) is 3.13. The monoisotopic (exact) mass is 298 g/mol. The van der Waals surface area contributed by atoms with Gasteiger partial charge in [0.05, 0.1) is 5.69 Å². The van der Waals surface area contributed by atoms with E-state index in [0.717, 1.165) is 34.9 Å². The fraction of sp³-hybridized carbons (Fsp3) is 0.250. The Morgan fingerprint density at radius 2 is 2.24 bits per heavy atom. The molecule has 5 heteroatoms. The van der Waals surface area contributed by atoms with Crippen LogP contribution in [0.15, 0.2) is 42.0 Å². The SMILES string of the molecule is CCc1nn(C)cc1CNc1cccc(-c2nccs2)c1. The minimum atomic E-state index is 0.790. The first-order valence-corrected chi connectivity index (χ1v) is 7.89. The maximum Gasteiger partial charge on any atom is 0.123 e. The lowest BCUT2D eigenvalue weighted by Gasteiger charge is -2.07. The van der Waals surface area contributed by atoms with E-state index < -0.39 is 0 Å². The highest BCUT2D eigenvalue weighted by Crippen LogP contribution is 2.24. The van der Waals surface area contributed by atoms with E-state index in [1.807, 2.05) is 23.3 Å². The highest BCUT2D eigenvalue weighted by molar-refractivity contribution is 7.13. The molecule has 0 radical (unpaired) electrons. The zero-order chi connectivity index (χ0) is 14.7. The van der Waals surface area contributed by atoms with Gasteiger partial charge < -0.3 is 5.32 Å². The fourth-order valence-corrected chi connectivity index (χ4v) is 2.99. The van der Waals surface area contributed by atoms with Gasteiger partial charge in [-0.3, -0.25) is 4.68 Å². The van der Waals surface area contributed by atoms with Gasteiger partial charge in [0.2, 0.25) is 0 Å². The van der Waals surface area contributed by atoms with Gasteiger partial charge in [-0.1, -0.05) is 19.1 Å². The number of thiazole rings is 1. The number of nitrogens with zero attached hydrogens (tertiary/aromatic N) is 3. The summed E-state index contributed by atoms with van der Waals surface area (Å²) in [6.45, 7) is 2.92. The molecule has 1 aromatic carbocycles. The maximum absolute atomic E-state index is 4.47. The summed E-state index contributed by atoms with van der Waals surface area (Å²) in [7, 11) is 1.96.